The standard InChI is InChI=1S/C16H22N4/c1-12-7-3-4-8-13(12)11-14-18-15(17)20-16(19-14)9-5-2-6-10-16/h3-4,7-8H,2,5-6,9-11H2,1H3,(H3,17,18,19,20). The summed E-state index contributed by atoms with van der Waals surface area (Å²) in [6.45, 7) is 2.13. The third-order valence-electron chi connectivity index (χ3n) is 4.22. The minimum Gasteiger partial charge on any atom is -0.370 e. The number of aliphatic imine (C=N–C) groups is 2. The smallest absolute Gasteiger partial charge is 0.196 e. The molecule has 4 nitrogen and oxygen atoms in total. The van der Waals surface area contributed by atoms with E-state index in [-0.39, 0.29) is 5.66 Å². The van der Waals surface area contributed by atoms with Crippen molar-refractivity contribution in [3.63, 3.8) is 0 Å². The second-order valence-corrected chi connectivity index (χ2v) is 5.83. The van der Waals surface area contributed by atoms with Crippen molar-refractivity contribution >= 4 is 11.8 Å². The molecule has 0 radical (unpaired) electrons. The highest BCUT2D eigenvalue weighted by Gasteiger charge is 2.34. The van der Waals surface area contributed by atoms with Gasteiger partial charge in [0.25, 0.3) is 0 Å². The second kappa shape index (κ2) is 5.27. The van der Waals surface area contributed by atoms with E-state index in [4.69, 9.17) is 10.7 Å². The fourth-order valence-corrected chi connectivity index (χ4v) is 3.12. The van der Waals surface area contributed by atoms with Crippen LogP contribution in [0, 0.1) is 6.92 Å². The Morgan fingerprint density at radius 3 is 2.65 bits per heavy atom. The third-order valence-corrected chi connectivity index (χ3v) is 4.22. The van der Waals surface area contributed by atoms with Crippen molar-refractivity contribution in [1.82, 2.24) is 5.32 Å². The van der Waals surface area contributed by atoms with Gasteiger partial charge < -0.3 is 11.1 Å². The van der Waals surface area contributed by atoms with Gasteiger partial charge in [0.05, 0.1) is 0 Å². The van der Waals surface area contributed by atoms with Crippen molar-refractivity contribution in [2.24, 2.45) is 15.7 Å². The maximum atomic E-state index is 5.98. The summed E-state index contributed by atoms with van der Waals surface area (Å²) in [5, 5.41) is 3.14. The molecule has 0 atom stereocenters. The molecule has 0 saturated heterocycles. The SMILES string of the molecule is Cc1ccccc1CC1=NC2(CCCCC2)N=C(N)N1. The minimum absolute atomic E-state index is 0.286. The number of hydrogen-bond donors (Lipinski definition) is 2. The molecule has 1 aromatic rings. The number of benzene rings is 1. The molecule has 1 aliphatic carbocycles. The fourth-order valence-electron chi connectivity index (χ4n) is 3.12. The van der Waals surface area contributed by atoms with Crippen LogP contribution in [0.4, 0.5) is 0 Å². The van der Waals surface area contributed by atoms with Gasteiger partial charge in [-0.2, -0.15) is 0 Å². The second-order valence-electron chi connectivity index (χ2n) is 5.83. The molecule has 20 heavy (non-hydrogen) atoms. The Labute approximate surface area is 120 Å². The van der Waals surface area contributed by atoms with E-state index < -0.39 is 0 Å². The zero-order valence-electron chi connectivity index (χ0n) is 12.0. The number of guanidine groups is 1. The van der Waals surface area contributed by atoms with Crippen molar-refractivity contribution in [2.75, 3.05) is 0 Å². The molecule has 106 valence electrons. The van der Waals surface area contributed by atoms with Crippen LogP contribution in [0.15, 0.2) is 34.3 Å². The van der Waals surface area contributed by atoms with Crippen LogP contribution in [0.2, 0.25) is 0 Å². The van der Waals surface area contributed by atoms with Gasteiger partial charge >= 0.3 is 0 Å². The van der Waals surface area contributed by atoms with E-state index in [0.717, 1.165) is 25.1 Å². The van der Waals surface area contributed by atoms with Gasteiger partial charge in [0.15, 0.2) is 11.6 Å². The van der Waals surface area contributed by atoms with E-state index in [9.17, 15) is 0 Å². The number of nitrogens with one attached hydrogen (secondary N) is 1. The van der Waals surface area contributed by atoms with Gasteiger partial charge in [-0.15, -0.1) is 0 Å². The van der Waals surface area contributed by atoms with Crippen LogP contribution in [0.3, 0.4) is 0 Å². The maximum absolute atomic E-state index is 5.98. The molecular formula is C16H22N4. The molecule has 0 aromatic heterocycles. The van der Waals surface area contributed by atoms with Gasteiger partial charge in [0, 0.05) is 6.42 Å². The summed E-state index contributed by atoms with van der Waals surface area (Å²) in [5.41, 5.74) is 8.27. The number of nitrogens with zero attached hydrogens (tertiary/aromatic N) is 2. The van der Waals surface area contributed by atoms with Crippen molar-refractivity contribution < 1.29 is 0 Å². The highest BCUT2D eigenvalue weighted by atomic mass is 15.3. The molecule has 1 saturated carbocycles. The molecule has 1 fully saturated rings. The number of hydrogen-bond acceptors (Lipinski definition) is 4. The fraction of sp³-hybridized carbons (Fsp3) is 0.500. The highest BCUT2D eigenvalue weighted by Crippen LogP contribution is 2.34. The summed E-state index contributed by atoms with van der Waals surface area (Å²) in [5.74, 6) is 1.47. The lowest BCUT2D eigenvalue weighted by Crippen LogP contribution is -2.47. The average molecular weight is 270 g/mol. The lowest BCUT2D eigenvalue weighted by atomic mass is 9.89. The van der Waals surface area contributed by atoms with Gasteiger partial charge in [-0.1, -0.05) is 30.7 Å². The van der Waals surface area contributed by atoms with E-state index in [1.165, 1.54) is 30.4 Å². The molecule has 1 heterocycles. The van der Waals surface area contributed by atoms with Crippen LogP contribution < -0.4 is 11.1 Å². The monoisotopic (exact) mass is 270 g/mol. The Morgan fingerprint density at radius 1 is 1.15 bits per heavy atom. The van der Waals surface area contributed by atoms with E-state index in [2.05, 4.69) is 41.5 Å². The molecular weight excluding hydrogens is 248 g/mol. The van der Waals surface area contributed by atoms with Crippen LogP contribution >= 0.6 is 0 Å². The predicted molar refractivity (Wildman–Crippen MR) is 82.9 cm³/mol. The quantitative estimate of drug-likeness (QED) is 0.867. The van der Waals surface area contributed by atoms with Crippen molar-refractivity contribution in [3.8, 4) is 0 Å². The topological polar surface area (TPSA) is 62.8 Å². The Bertz CT molecular complexity index is 553. The van der Waals surface area contributed by atoms with Crippen LogP contribution in [0.5, 0.6) is 0 Å². The Morgan fingerprint density at radius 2 is 1.90 bits per heavy atom. The zero-order chi connectivity index (χ0) is 14.0. The zero-order valence-corrected chi connectivity index (χ0v) is 12.0. The molecule has 0 unspecified atom stereocenters. The van der Waals surface area contributed by atoms with Crippen molar-refractivity contribution in [1.29, 1.82) is 0 Å². The first-order valence-electron chi connectivity index (χ1n) is 7.42. The van der Waals surface area contributed by atoms with E-state index in [1.54, 1.807) is 0 Å². The van der Waals surface area contributed by atoms with E-state index in [0.29, 0.717) is 5.96 Å². The molecule has 1 spiro atoms. The molecule has 4 heteroatoms. The Balaban J connectivity index is 1.84. The summed E-state index contributed by atoms with van der Waals surface area (Å²) < 4.78 is 0. The van der Waals surface area contributed by atoms with Crippen LogP contribution in [-0.4, -0.2) is 17.5 Å². The lowest BCUT2D eigenvalue weighted by Gasteiger charge is -2.34. The predicted octanol–water partition coefficient (Wildman–Crippen LogP) is 2.51. The summed E-state index contributed by atoms with van der Waals surface area (Å²) in [6, 6.07) is 8.41. The average Bonchev–Trinajstić information content (AvgIpc) is 2.41. The summed E-state index contributed by atoms with van der Waals surface area (Å²) in [4.78, 5) is 9.48. The van der Waals surface area contributed by atoms with Gasteiger partial charge in [-0.3, -0.25) is 0 Å². The first-order valence-corrected chi connectivity index (χ1v) is 7.42. The first-order chi connectivity index (χ1) is 9.67. The van der Waals surface area contributed by atoms with Crippen LogP contribution in [0.25, 0.3) is 0 Å². The number of nitrogens with two attached hydrogens (primary N) is 1. The van der Waals surface area contributed by atoms with Gasteiger partial charge in [0.1, 0.15) is 5.84 Å². The summed E-state index contributed by atoms with van der Waals surface area (Å²) >= 11 is 0. The van der Waals surface area contributed by atoms with Gasteiger partial charge in [-0.25, -0.2) is 9.98 Å². The normalized spacial score (nSPS) is 21.1. The molecule has 3 N–H and O–H groups in total. The molecule has 0 bridgehead atoms. The van der Waals surface area contributed by atoms with Crippen molar-refractivity contribution in [2.45, 2.75) is 51.1 Å². The van der Waals surface area contributed by atoms with E-state index >= 15 is 0 Å². The molecule has 0 amide bonds. The molecule has 2 aliphatic rings. The van der Waals surface area contributed by atoms with Crippen LogP contribution in [-0.2, 0) is 6.42 Å². The largest absolute Gasteiger partial charge is 0.370 e. The summed E-state index contributed by atoms with van der Waals surface area (Å²) in [6.07, 6.45) is 6.51. The minimum atomic E-state index is -0.286. The Hall–Kier alpha value is -1.84. The molecule has 3 rings (SSSR count). The molecule has 1 aliphatic heterocycles. The maximum Gasteiger partial charge on any atom is 0.196 e. The van der Waals surface area contributed by atoms with Crippen molar-refractivity contribution in [3.05, 3.63) is 35.4 Å². The number of amidine groups is 1. The first kappa shape index (κ1) is 13.2. The third kappa shape index (κ3) is 2.69. The summed E-state index contributed by atoms with van der Waals surface area (Å²) in [7, 11) is 0. The van der Waals surface area contributed by atoms with Crippen LogP contribution in [0.1, 0.15) is 43.2 Å². The number of rotatable bonds is 2. The molecule has 1 aromatic carbocycles. The van der Waals surface area contributed by atoms with Gasteiger partial charge in [0.2, 0.25) is 0 Å². The highest BCUT2D eigenvalue weighted by molar-refractivity contribution is 6.01. The lowest BCUT2D eigenvalue weighted by molar-refractivity contribution is 0.306. The van der Waals surface area contributed by atoms with E-state index in [1.807, 2.05) is 0 Å². The Kier molecular flexibility index (Phi) is 3.47. The number of aryl methyl sites for hydroxylation is 1. The van der Waals surface area contributed by atoms with Gasteiger partial charge in [-0.05, 0) is 43.7 Å².